The highest BCUT2D eigenvalue weighted by Gasteiger charge is 2.17. The number of aromatic amines is 2. The van der Waals surface area contributed by atoms with Crippen molar-refractivity contribution in [2.45, 2.75) is 13.1 Å². The first-order valence-electron chi connectivity index (χ1n) is 15.1. The van der Waals surface area contributed by atoms with Gasteiger partial charge in [-0.1, -0.05) is 30.3 Å². The van der Waals surface area contributed by atoms with E-state index in [2.05, 4.69) is 48.7 Å². The Kier molecular flexibility index (Phi) is 8.20. The minimum atomic E-state index is -0.382. The maximum absolute atomic E-state index is 14.7. The van der Waals surface area contributed by atoms with Gasteiger partial charge in [-0.3, -0.25) is 15.1 Å². The lowest BCUT2D eigenvalue weighted by Crippen LogP contribution is -2.19. The van der Waals surface area contributed by atoms with Crippen molar-refractivity contribution in [2.75, 3.05) is 27.2 Å². The van der Waals surface area contributed by atoms with E-state index in [1.54, 1.807) is 6.20 Å². The van der Waals surface area contributed by atoms with Gasteiger partial charge in [0, 0.05) is 66.3 Å². The zero-order chi connectivity index (χ0) is 31.5. The topological polar surface area (TPSA) is 108 Å². The molecule has 0 amide bonds. The molecular weight excluding hydrogens is 579 g/mol. The third kappa shape index (κ3) is 6.35. The van der Waals surface area contributed by atoms with Gasteiger partial charge >= 0.3 is 0 Å². The molecule has 230 valence electrons. The van der Waals surface area contributed by atoms with Crippen LogP contribution < -0.4 is 10.1 Å². The van der Waals surface area contributed by atoms with Crippen molar-refractivity contribution in [3.8, 4) is 39.7 Å². The third-order valence-electron chi connectivity index (χ3n) is 7.75. The molecule has 3 N–H and O–H groups in total. The molecule has 0 radical (unpaired) electrons. The molecule has 0 saturated carbocycles. The molecule has 0 aliphatic carbocycles. The van der Waals surface area contributed by atoms with Crippen molar-refractivity contribution >= 4 is 21.9 Å². The van der Waals surface area contributed by atoms with Crippen LogP contribution in [-0.2, 0) is 13.1 Å². The summed E-state index contributed by atoms with van der Waals surface area (Å²) < 4.78 is 20.5. The van der Waals surface area contributed by atoms with Gasteiger partial charge in [0.25, 0.3) is 0 Å². The molecule has 9 nitrogen and oxygen atoms in total. The fourth-order valence-electron chi connectivity index (χ4n) is 5.46. The van der Waals surface area contributed by atoms with Crippen molar-refractivity contribution < 1.29 is 9.13 Å². The number of likely N-dealkylation sites (N-methyl/N-ethyl adjacent to an activating group) is 1. The standard InChI is InChI=1S/C36H33FN8O/c1-45(2)12-13-46-28-16-25(15-27(37)17-28)34-29-18-33(41-31(29)10-11-40-34)36-35-32(43-44-36)9-8-30(42-35)26-14-24(21-39-22-26)20-38-19-23-6-4-3-5-7-23/h3-11,14-18,21-22,38,41H,12-13,19-20H2,1-2H3,(H,43,44). The zero-order valence-corrected chi connectivity index (χ0v) is 25.6. The van der Waals surface area contributed by atoms with Gasteiger partial charge in [-0.25, -0.2) is 9.37 Å². The first-order valence-corrected chi connectivity index (χ1v) is 15.1. The zero-order valence-electron chi connectivity index (χ0n) is 25.6. The molecule has 7 rings (SSSR count). The summed E-state index contributed by atoms with van der Waals surface area (Å²) in [6.07, 6.45) is 5.41. The largest absolute Gasteiger partial charge is 0.492 e. The molecule has 0 unspecified atom stereocenters. The van der Waals surface area contributed by atoms with Crippen LogP contribution in [0.25, 0.3) is 55.8 Å². The van der Waals surface area contributed by atoms with Gasteiger partial charge in [0.1, 0.15) is 29.4 Å². The van der Waals surface area contributed by atoms with Crippen LogP contribution in [0.1, 0.15) is 11.1 Å². The summed E-state index contributed by atoms with van der Waals surface area (Å²) in [5, 5.41) is 12.1. The summed E-state index contributed by atoms with van der Waals surface area (Å²) in [6, 6.07) is 25.0. The number of nitrogens with zero attached hydrogens (tertiary/aromatic N) is 5. The van der Waals surface area contributed by atoms with E-state index in [4.69, 9.17) is 9.72 Å². The lowest BCUT2D eigenvalue weighted by molar-refractivity contribution is 0.260. The number of pyridine rings is 3. The van der Waals surface area contributed by atoms with E-state index in [0.717, 1.165) is 57.5 Å². The number of ether oxygens (including phenoxy) is 1. The summed E-state index contributed by atoms with van der Waals surface area (Å²) in [4.78, 5) is 19.6. The Balaban J connectivity index is 1.17. The fourth-order valence-corrected chi connectivity index (χ4v) is 5.46. The van der Waals surface area contributed by atoms with Gasteiger partial charge in [-0.15, -0.1) is 0 Å². The molecule has 0 spiro atoms. The molecule has 0 aliphatic heterocycles. The molecule has 0 fully saturated rings. The Morgan fingerprint density at radius 3 is 2.59 bits per heavy atom. The first kappa shape index (κ1) is 29.3. The highest BCUT2D eigenvalue weighted by atomic mass is 19.1. The predicted octanol–water partition coefficient (Wildman–Crippen LogP) is 6.60. The van der Waals surface area contributed by atoms with Crippen LogP contribution in [0.4, 0.5) is 4.39 Å². The molecule has 2 aromatic carbocycles. The van der Waals surface area contributed by atoms with Crippen molar-refractivity contribution in [3.63, 3.8) is 0 Å². The van der Waals surface area contributed by atoms with Crippen LogP contribution in [0.15, 0.2) is 97.5 Å². The van der Waals surface area contributed by atoms with Gasteiger partial charge in [-0.2, -0.15) is 5.10 Å². The Morgan fingerprint density at radius 2 is 1.72 bits per heavy atom. The molecule has 0 saturated heterocycles. The smallest absolute Gasteiger partial charge is 0.135 e. The fraction of sp³-hybridized carbons (Fsp3) is 0.167. The normalized spacial score (nSPS) is 11.6. The van der Waals surface area contributed by atoms with Crippen molar-refractivity contribution in [2.24, 2.45) is 0 Å². The number of benzene rings is 2. The summed E-state index contributed by atoms with van der Waals surface area (Å²) in [6.45, 7) is 2.65. The number of rotatable bonds is 11. The second kappa shape index (κ2) is 12.9. The minimum Gasteiger partial charge on any atom is -0.492 e. The van der Waals surface area contributed by atoms with E-state index in [9.17, 15) is 4.39 Å². The van der Waals surface area contributed by atoms with Gasteiger partial charge < -0.3 is 19.9 Å². The van der Waals surface area contributed by atoms with E-state index >= 15 is 0 Å². The molecule has 5 aromatic heterocycles. The van der Waals surface area contributed by atoms with E-state index < -0.39 is 0 Å². The first-order chi connectivity index (χ1) is 22.5. The van der Waals surface area contributed by atoms with Gasteiger partial charge in [0.15, 0.2) is 0 Å². The lowest BCUT2D eigenvalue weighted by Gasteiger charge is -2.12. The number of hydrogen-bond donors (Lipinski definition) is 3. The van der Waals surface area contributed by atoms with E-state index in [0.29, 0.717) is 35.9 Å². The summed E-state index contributed by atoms with van der Waals surface area (Å²) in [5.41, 5.74) is 9.16. The van der Waals surface area contributed by atoms with Crippen molar-refractivity contribution in [1.82, 2.24) is 40.3 Å². The SMILES string of the molecule is CN(C)CCOc1cc(F)cc(-c2nccc3[nH]c(-c4n[nH]c5ccc(-c6cncc(CNCc7ccccc7)c6)nc45)cc23)c1. The van der Waals surface area contributed by atoms with E-state index in [-0.39, 0.29) is 5.82 Å². The Bertz CT molecular complexity index is 2120. The summed E-state index contributed by atoms with van der Waals surface area (Å²) >= 11 is 0. The molecule has 5 heterocycles. The monoisotopic (exact) mass is 612 g/mol. The average molecular weight is 613 g/mol. The number of H-pyrrole nitrogens is 2. The van der Waals surface area contributed by atoms with Crippen LogP contribution in [0, 0.1) is 5.82 Å². The van der Waals surface area contributed by atoms with Crippen LogP contribution in [-0.4, -0.2) is 62.3 Å². The second-order valence-electron chi connectivity index (χ2n) is 11.5. The van der Waals surface area contributed by atoms with Crippen molar-refractivity contribution in [3.05, 3.63) is 114 Å². The highest BCUT2D eigenvalue weighted by Crippen LogP contribution is 2.34. The Morgan fingerprint density at radius 1 is 0.848 bits per heavy atom. The molecule has 0 aliphatic rings. The van der Waals surface area contributed by atoms with Gasteiger partial charge in [0.05, 0.1) is 22.6 Å². The molecule has 0 bridgehead atoms. The maximum Gasteiger partial charge on any atom is 0.135 e. The van der Waals surface area contributed by atoms with Crippen LogP contribution in [0.5, 0.6) is 5.75 Å². The number of hydrogen-bond acceptors (Lipinski definition) is 7. The molecular formula is C36H33FN8O. The Labute approximate surface area is 265 Å². The number of fused-ring (bicyclic) bond motifs is 2. The van der Waals surface area contributed by atoms with Crippen LogP contribution in [0.2, 0.25) is 0 Å². The highest BCUT2D eigenvalue weighted by molar-refractivity contribution is 5.99. The van der Waals surface area contributed by atoms with Gasteiger partial charge in [0.2, 0.25) is 0 Å². The average Bonchev–Trinajstić information content (AvgIpc) is 3.69. The van der Waals surface area contributed by atoms with Crippen molar-refractivity contribution in [1.29, 1.82) is 0 Å². The van der Waals surface area contributed by atoms with Crippen LogP contribution in [0.3, 0.4) is 0 Å². The molecule has 10 heteroatoms. The number of halogens is 1. The number of aromatic nitrogens is 6. The van der Waals surface area contributed by atoms with E-state index in [1.807, 2.05) is 79.9 Å². The molecule has 46 heavy (non-hydrogen) atoms. The molecule has 7 aromatic rings. The lowest BCUT2D eigenvalue weighted by atomic mass is 10.1. The minimum absolute atomic E-state index is 0.382. The number of nitrogens with one attached hydrogen (secondary N) is 3. The second-order valence-corrected chi connectivity index (χ2v) is 11.5. The predicted molar refractivity (Wildman–Crippen MR) is 179 cm³/mol. The maximum atomic E-state index is 14.7. The summed E-state index contributed by atoms with van der Waals surface area (Å²) in [5.74, 6) is 0.0828. The quantitative estimate of drug-likeness (QED) is 0.151. The van der Waals surface area contributed by atoms with Gasteiger partial charge in [-0.05, 0) is 67.7 Å². The summed E-state index contributed by atoms with van der Waals surface area (Å²) in [7, 11) is 3.93. The Hall–Kier alpha value is -5.45. The molecule has 0 atom stereocenters. The van der Waals surface area contributed by atoms with E-state index in [1.165, 1.54) is 17.7 Å². The van der Waals surface area contributed by atoms with Crippen LogP contribution >= 0.6 is 0 Å². The third-order valence-corrected chi connectivity index (χ3v) is 7.75.